The summed E-state index contributed by atoms with van der Waals surface area (Å²) in [6.45, 7) is 6.84. The van der Waals surface area contributed by atoms with Gasteiger partial charge >= 0.3 is 6.09 Å². The maximum atomic E-state index is 10.9. The fourth-order valence-electron chi connectivity index (χ4n) is 0.695. The normalized spacial score (nSPS) is 10.1. The summed E-state index contributed by atoms with van der Waals surface area (Å²) >= 11 is 0. The van der Waals surface area contributed by atoms with Crippen molar-refractivity contribution < 1.29 is 9.53 Å². The molecule has 12 heavy (non-hydrogen) atoms. The van der Waals surface area contributed by atoms with Crippen LogP contribution in [0.15, 0.2) is 0 Å². The van der Waals surface area contributed by atoms with Crippen LogP contribution in [0.3, 0.4) is 0 Å². The second-order valence-corrected chi connectivity index (χ2v) is 3.07. The third-order valence-electron chi connectivity index (χ3n) is 1.45. The first kappa shape index (κ1) is 11.2. The molecule has 0 heterocycles. The van der Waals surface area contributed by atoms with E-state index in [9.17, 15) is 4.79 Å². The van der Waals surface area contributed by atoms with Crippen LogP contribution in [0, 0.1) is 5.92 Å². The Bertz CT molecular complexity index is 137. The lowest BCUT2D eigenvalue weighted by molar-refractivity contribution is 0.105. The Balaban J connectivity index is 3.56. The van der Waals surface area contributed by atoms with Gasteiger partial charge in [0.05, 0.1) is 6.61 Å². The quantitative estimate of drug-likeness (QED) is 0.398. The summed E-state index contributed by atoms with van der Waals surface area (Å²) in [5.41, 5.74) is 0. The molecule has 0 unspecified atom stereocenters. The summed E-state index contributed by atoms with van der Waals surface area (Å²) < 4.78 is 4.70. The molecule has 4 heteroatoms. The minimum absolute atomic E-state index is 0.369. The van der Waals surface area contributed by atoms with Crippen LogP contribution < -0.4 is 5.84 Å². The molecule has 0 aromatic carbocycles. The fourth-order valence-corrected chi connectivity index (χ4v) is 0.695. The SMILES string of the molecule is CCOC(=O)N(N)CCC(C)C. The van der Waals surface area contributed by atoms with Crippen LogP contribution in [0.25, 0.3) is 0 Å². The highest BCUT2D eigenvalue weighted by atomic mass is 16.6. The van der Waals surface area contributed by atoms with E-state index in [1.165, 1.54) is 0 Å². The van der Waals surface area contributed by atoms with Crippen LogP contribution in [0.1, 0.15) is 27.2 Å². The smallest absolute Gasteiger partial charge is 0.424 e. The number of nitrogens with two attached hydrogens (primary N) is 1. The maximum absolute atomic E-state index is 10.9. The van der Waals surface area contributed by atoms with Crippen molar-refractivity contribution in [3.05, 3.63) is 0 Å². The Labute approximate surface area is 73.6 Å². The van der Waals surface area contributed by atoms with Crippen LogP contribution >= 0.6 is 0 Å². The average Bonchev–Trinajstić information content (AvgIpc) is 2.00. The van der Waals surface area contributed by atoms with E-state index < -0.39 is 6.09 Å². The molecule has 72 valence electrons. The summed E-state index contributed by atoms with van der Waals surface area (Å²) in [4.78, 5) is 10.9. The molecule has 2 N–H and O–H groups in total. The zero-order valence-electron chi connectivity index (χ0n) is 8.04. The van der Waals surface area contributed by atoms with Gasteiger partial charge in [-0.3, -0.25) is 0 Å². The predicted octanol–water partition coefficient (Wildman–Crippen LogP) is 1.36. The Hall–Kier alpha value is -0.770. The summed E-state index contributed by atoms with van der Waals surface area (Å²) in [6.07, 6.45) is 0.452. The van der Waals surface area contributed by atoms with E-state index in [-0.39, 0.29) is 0 Å². The minimum Gasteiger partial charge on any atom is -0.449 e. The highest BCUT2D eigenvalue weighted by Crippen LogP contribution is 2.00. The molecular formula is C8H18N2O2. The van der Waals surface area contributed by atoms with E-state index in [4.69, 9.17) is 10.6 Å². The summed E-state index contributed by atoms with van der Waals surface area (Å²) in [6, 6.07) is 0. The number of carbonyl (C=O) groups excluding carboxylic acids is 1. The predicted molar refractivity (Wildman–Crippen MR) is 47.4 cm³/mol. The number of carbonyl (C=O) groups is 1. The lowest BCUT2D eigenvalue weighted by atomic mass is 10.1. The number of hydrogen-bond donors (Lipinski definition) is 1. The van der Waals surface area contributed by atoms with Gasteiger partial charge in [0.1, 0.15) is 0 Å². The van der Waals surface area contributed by atoms with Crippen LogP contribution in [-0.4, -0.2) is 24.3 Å². The summed E-state index contributed by atoms with van der Waals surface area (Å²) in [5.74, 6) is 5.96. The number of hydrazine groups is 1. The van der Waals surface area contributed by atoms with Crippen molar-refractivity contribution in [1.82, 2.24) is 5.01 Å². The second-order valence-electron chi connectivity index (χ2n) is 3.07. The summed E-state index contributed by atoms with van der Waals surface area (Å²) in [5, 5.41) is 1.11. The van der Waals surface area contributed by atoms with E-state index >= 15 is 0 Å². The van der Waals surface area contributed by atoms with Gasteiger partial charge in [-0.1, -0.05) is 13.8 Å². The lowest BCUT2D eigenvalue weighted by Crippen LogP contribution is -2.39. The molecule has 1 amide bonds. The van der Waals surface area contributed by atoms with Crippen molar-refractivity contribution in [2.24, 2.45) is 11.8 Å². The summed E-state index contributed by atoms with van der Waals surface area (Å²) in [7, 11) is 0. The molecule has 0 aromatic rings. The molecule has 0 aromatic heterocycles. The van der Waals surface area contributed by atoms with Gasteiger partial charge in [0, 0.05) is 6.54 Å². The molecule has 0 fully saturated rings. The zero-order valence-corrected chi connectivity index (χ0v) is 8.04. The molecule has 0 aliphatic carbocycles. The first-order valence-electron chi connectivity index (χ1n) is 4.27. The first-order valence-corrected chi connectivity index (χ1v) is 4.27. The third kappa shape index (κ3) is 4.96. The Kier molecular flexibility index (Phi) is 5.45. The van der Waals surface area contributed by atoms with Crippen LogP contribution in [0.4, 0.5) is 4.79 Å². The highest BCUT2D eigenvalue weighted by Gasteiger charge is 2.09. The van der Waals surface area contributed by atoms with Crippen molar-refractivity contribution in [3.8, 4) is 0 Å². The Morgan fingerprint density at radius 2 is 2.17 bits per heavy atom. The zero-order chi connectivity index (χ0) is 9.56. The van der Waals surface area contributed by atoms with E-state index in [1.54, 1.807) is 6.92 Å². The molecule has 0 saturated heterocycles. The molecule has 0 bridgehead atoms. The van der Waals surface area contributed by atoms with E-state index in [0.717, 1.165) is 11.4 Å². The van der Waals surface area contributed by atoms with Gasteiger partial charge in [0.15, 0.2) is 0 Å². The number of ether oxygens (including phenoxy) is 1. The molecule has 0 aliphatic heterocycles. The van der Waals surface area contributed by atoms with Gasteiger partial charge < -0.3 is 4.74 Å². The van der Waals surface area contributed by atoms with E-state index in [0.29, 0.717) is 19.1 Å². The Morgan fingerprint density at radius 1 is 1.58 bits per heavy atom. The van der Waals surface area contributed by atoms with Gasteiger partial charge in [0.25, 0.3) is 0 Å². The molecular weight excluding hydrogens is 156 g/mol. The molecule has 0 saturated carbocycles. The van der Waals surface area contributed by atoms with Crippen LogP contribution in [0.5, 0.6) is 0 Å². The van der Waals surface area contributed by atoms with Crippen LogP contribution in [0.2, 0.25) is 0 Å². The van der Waals surface area contributed by atoms with Gasteiger partial charge in [-0.05, 0) is 19.3 Å². The van der Waals surface area contributed by atoms with E-state index in [2.05, 4.69) is 13.8 Å². The Morgan fingerprint density at radius 3 is 2.58 bits per heavy atom. The van der Waals surface area contributed by atoms with Crippen molar-refractivity contribution in [1.29, 1.82) is 0 Å². The third-order valence-corrected chi connectivity index (χ3v) is 1.45. The number of nitrogens with zero attached hydrogens (tertiary/aromatic N) is 1. The molecule has 0 rings (SSSR count). The van der Waals surface area contributed by atoms with Crippen molar-refractivity contribution in [2.45, 2.75) is 27.2 Å². The largest absolute Gasteiger partial charge is 0.449 e. The van der Waals surface area contributed by atoms with Gasteiger partial charge in [-0.15, -0.1) is 0 Å². The molecule has 0 atom stereocenters. The van der Waals surface area contributed by atoms with Crippen molar-refractivity contribution >= 4 is 6.09 Å². The standard InChI is InChI=1S/C8H18N2O2/c1-4-12-8(11)10(9)6-5-7(2)3/h7H,4-6,9H2,1-3H3. The molecule has 0 spiro atoms. The van der Waals surface area contributed by atoms with Gasteiger partial charge in [0.2, 0.25) is 0 Å². The lowest BCUT2D eigenvalue weighted by Gasteiger charge is -2.16. The molecule has 0 aliphatic rings. The van der Waals surface area contributed by atoms with Gasteiger partial charge in [-0.2, -0.15) is 0 Å². The fraction of sp³-hybridized carbons (Fsp3) is 0.875. The number of rotatable bonds is 4. The second kappa shape index (κ2) is 5.83. The highest BCUT2D eigenvalue weighted by molar-refractivity contribution is 5.66. The molecule has 4 nitrogen and oxygen atoms in total. The monoisotopic (exact) mass is 174 g/mol. The molecule has 0 radical (unpaired) electrons. The minimum atomic E-state index is -0.446. The first-order chi connectivity index (χ1) is 5.57. The number of amides is 1. The maximum Gasteiger partial charge on any atom is 0.424 e. The average molecular weight is 174 g/mol. The topological polar surface area (TPSA) is 55.6 Å². The van der Waals surface area contributed by atoms with E-state index in [1.807, 2.05) is 0 Å². The van der Waals surface area contributed by atoms with Crippen LogP contribution in [-0.2, 0) is 4.74 Å². The number of hydrogen-bond acceptors (Lipinski definition) is 3. The van der Waals surface area contributed by atoms with Gasteiger partial charge in [-0.25, -0.2) is 15.6 Å². The van der Waals surface area contributed by atoms with Crippen molar-refractivity contribution in [3.63, 3.8) is 0 Å². The van der Waals surface area contributed by atoms with Crippen molar-refractivity contribution in [2.75, 3.05) is 13.2 Å².